The lowest BCUT2D eigenvalue weighted by molar-refractivity contribution is -0.144. The number of aryl methyl sites for hydroxylation is 1. The molecule has 2 rings (SSSR count). The van der Waals surface area contributed by atoms with Crippen molar-refractivity contribution < 1.29 is 14.3 Å². The van der Waals surface area contributed by atoms with Crippen LogP contribution in [0.5, 0.6) is 0 Å². The van der Waals surface area contributed by atoms with Crippen molar-refractivity contribution in [2.24, 2.45) is 0 Å². The fourth-order valence-corrected chi connectivity index (χ4v) is 4.43. The number of carbonyl (C=O) groups is 1. The molecule has 43 heavy (non-hydrogen) atoms. The lowest BCUT2D eigenvalue weighted by Gasteiger charge is -2.23. The molecule has 0 heterocycles. The second-order valence-corrected chi connectivity index (χ2v) is 10.6. The van der Waals surface area contributed by atoms with Crippen LogP contribution in [0.1, 0.15) is 81.1 Å². The molecule has 4 nitrogen and oxygen atoms in total. The Labute approximate surface area is 261 Å². The zero-order valence-electron chi connectivity index (χ0n) is 26.7. The number of esters is 1. The highest BCUT2D eigenvalue weighted by Gasteiger charge is 2.16. The molecule has 0 aromatic heterocycles. The predicted molar refractivity (Wildman–Crippen MR) is 182 cm³/mol. The number of carbonyl (C=O) groups excluding carboxylic acids is 1. The number of nitrogens with zero attached hydrogens (tertiary/aromatic N) is 1. The van der Waals surface area contributed by atoms with E-state index in [1.807, 2.05) is 25.2 Å². The van der Waals surface area contributed by atoms with Crippen LogP contribution in [0.2, 0.25) is 0 Å². The third kappa shape index (κ3) is 17.3. The molecule has 0 radical (unpaired) electrons. The molecule has 2 aromatic rings. The maximum Gasteiger partial charge on any atom is 0.305 e. The van der Waals surface area contributed by atoms with E-state index in [9.17, 15) is 4.79 Å². The number of benzene rings is 2. The van der Waals surface area contributed by atoms with Crippen LogP contribution in [-0.4, -0.2) is 44.2 Å². The summed E-state index contributed by atoms with van der Waals surface area (Å²) in [6.45, 7) is 6.71. The van der Waals surface area contributed by atoms with Crippen LogP contribution >= 0.6 is 0 Å². The molecule has 0 saturated heterocycles. The van der Waals surface area contributed by atoms with Crippen molar-refractivity contribution in [2.75, 3.05) is 33.4 Å². The Balaban J connectivity index is 1.51. The van der Waals surface area contributed by atoms with Gasteiger partial charge in [0.1, 0.15) is 12.7 Å². The number of ether oxygens (including phenoxy) is 2. The molecule has 0 aliphatic rings. The number of likely N-dealkylation sites (N-methyl/N-ethyl adjacent to an activating group) is 1. The predicted octanol–water partition coefficient (Wildman–Crippen LogP) is 9.50. The Morgan fingerprint density at radius 2 is 1.30 bits per heavy atom. The molecular formula is C39H53NO3. The number of hydrogen-bond acceptors (Lipinski definition) is 4. The smallest absolute Gasteiger partial charge is 0.305 e. The van der Waals surface area contributed by atoms with Crippen LogP contribution in [0, 0.1) is 6.92 Å². The largest absolute Gasteiger partial charge is 0.464 e. The van der Waals surface area contributed by atoms with Gasteiger partial charge in [-0.05, 0) is 75.6 Å². The zero-order chi connectivity index (χ0) is 30.8. The lowest BCUT2D eigenvalue weighted by Crippen LogP contribution is -2.28. The Hall–Kier alpha value is -3.47. The summed E-state index contributed by atoms with van der Waals surface area (Å²) in [5.41, 5.74) is 3.56. The fourth-order valence-electron chi connectivity index (χ4n) is 4.43. The van der Waals surface area contributed by atoms with Crippen molar-refractivity contribution in [2.45, 2.75) is 71.3 Å². The van der Waals surface area contributed by atoms with Gasteiger partial charge in [0.25, 0.3) is 0 Å². The molecule has 0 aliphatic heterocycles. The summed E-state index contributed by atoms with van der Waals surface area (Å²) in [4.78, 5) is 14.3. The van der Waals surface area contributed by atoms with E-state index in [1.165, 1.54) is 11.1 Å². The summed E-state index contributed by atoms with van der Waals surface area (Å²) in [6, 6.07) is 18.7. The normalized spacial score (nSPS) is 13.0. The minimum absolute atomic E-state index is 0.100. The van der Waals surface area contributed by atoms with Crippen LogP contribution < -0.4 is 0 Å². The highest BCUT2D eigenvalue weighted by Crippen LogP contribution is 2.28. The molecule has 4 heteroatoms. The van der Waals surface area contributed by atoms with Gasteiger partial charge in [-0.3, -0.25) is 4.79 Å². The van der Waals surface area contributed by atoms with Gasteiger partial charge < -0.3 is 14.4 Å². The topological polar surface area (TPSA) is 38.8 Å². The molecule has 2 aromatic carbocycles. The van der Waals surface area contributed by atoms with E-state index in [1.54, 1.807) is 0 Å². The third-order valence-corrected chi connectivity index (χ3v) is 6.98. The molecule has 0 saturated carbocycles. The quantitative estimate of drug-likeness (QED) is 0.0786. The molecule has 0 amide bonds. The van der Waals surface area contributed by atoms with Crippen molar-refractivity contribution in [3.05, 3.63) is 132 Å². The van der Waals surface area contributed by atoms with Crippen LogP contribution in [0.15, 0.2) is 115 Å². The summed E-state index contributed by atoms with van der Waals surface area (Å²) in [7, 11) is 2.03. The zero-order valence-corrected chi connectivity index (χ0v) is 26.7. The Bertz CT molecular complexity index is 1150. The Morgan fingerprint density at radius 1 is 0.744 bits per heavy atom. The van der Waals surface area contributed by atoms with Gasteiger partial charge in [0, 0.05) is 19.5 Å². The van der Waals surface area contributed by atoms with Gasteiger partial charge in [0.2, 0.25) is 0 Å². The first kappa shape index (κ1) is 35.7. The van der Waals surface area contributed by atoms with Crippen LogP contribution in [0.3, 0.4) is 0 Å². The van der Waals surface area contributed by atoms with Gasteiger partial charge in [-0.25, -0.2) is 0 Å². The standard InChI is InChI=1S/C39H53NO3/c1-4-5-6-7-8-9-10-11-12-13-14-15-16-17-18-19-23-30-38(41)42-33-31-40(3)32-34-43-39(36-27-21-20-22-28-36)37-29-25-24-26-35(37)2/h5-6,8-9,11-12,14-15,17-18,20-22,24-29,39H,4,7,10,13,16,19,23,30-34H2,1-3H3/b6-5-,9-8-,12-11-,15-14-,18-17-. The van der Waals surface area contributed by atoms with Gasteiger partial charge >= 0.3 is 5.97 Å². The molecule has 1 unspecified atom stereocenters. The first-order valence-electron chi connectivity index (χ1n) is 15.9. The highest BCUT2D eigenvalue weighted by molar-refractivity contribution is 5.69. The number of unbranched alkanes of at least 4 members (excludes halogenated alkanes) is 1. The molecular weight excluding hydrogens is 530 g/mol. The molecule has 232 valence electrons. The monoisotopic (exact) mass is 583 g/mol. The van der Waals surface area contributed by atoms with E-state index >= 15 is 0 Å². The Morgan fingerprint density at radius 3 is 1.93 bits per heavy atom. The second-order valence-electron chi connectivity index (χ2n) is 10.6. The number of hydrogen-bond donors (Lipinski definition) is 0. The van der Waals surface area contributed by atoms with Gasteiger partial charge in [0.15, 0.2) is 0 Å². The maximum atomic E-state index is 12.1. The maximum absolute atomic E-state index is 12.1. The van der Waals surface area contributed by atoms with Crippen molar-refractivity contribution in [3.63, 3.8) is 0 Å². The average Bonchev–Trinajstić information content (AvgIpc) is 3.02. The van der Waals surface area contributed by atoms with E-state index in [2.05, 4.69) is 116 Å². The first-order chi connectivity index (χ1) is 21.1. The lowest BCUT2D eigenvalue weighted by atomic mass is 9.97. The van der Waals surface area contributed by atoms with E-state index in [0.717, 1.165) is 57.1 Å². The fraction of sp³-hybridized carbons (Fsp3) is 0.410. The SMILES string of the molecule is CC/C=C\C/C=C\C/C=C\C/C=C\C/C=C\CCCC(=O)OCCN(C)CCOC(c1ccccc1)c1ccccc1C. The molecule has 0 spiro atoms. The van der Waals surface area contributed by atoms with Crippen molar-refractivity contribution in [1.82, 2.24) is 4.90 Å². The highest BCUT2D eigenvalue weighted by atomic mass is 16.5. The summed E-state index contributed by atoms with van der Waals surface area (Å²) in [5.74, 6) is -0.124. The summed E-state index contributed by atoms with van der Waals surface area (Å²) < 4.78 is 11.8. The Kier molecular flexibility index (Phi) is 20.0. The average molecular weight is 584 g/mol. The van der Waals surface area contributed by atoms with Crippen LogP contribution in [-0.2, 0) is 14.3 Å². The van der Waals surface area contributed by atoms with E-state index in [4.69, 9.17) is 9.47 Å². The third-order valence-electron chi connectivity index (χ3n) is 6.98. The van der Waals surface area contributed by atoms with Crippen molar-refractivity contribution >= 4 is 5.97 Å². The van der Waals surface area contributed by atoms with E-state index in [-0.39, 0.29) is 12.1 Å². The van der Waals surface area contributed by atoms with Crippen LogP contribution in [0.25, 0.3) is 0 Å². The van der Waals surface area contributed by atoms with Gasteiger partial charge in [-0.1, -0.05) is 122 Å². The van der Waals surface area contributed by atoms with Gasteiger partial charge in [0.05, 0.1) is 6.61 Å². The number of rotatable bonds is 22. The van der Waals surface area contributed by atoms with Gasteiger partial charge in [-0.2, -0.15) is 0 Å². The minimum Gasteiger partial charge on any atom is -0.464 e. The molecule has 0 aliphatic carbocycles. The minimum atomic E-state index is -0.124. The van der Waals surface area contributed by atoms with E-state index < -0.39 is 0 Å². The summed E-state index contributed by atoms with van der Waals surface area (Å²) in [6.07, 6.45) is 29.0. The van der Waals surface area contributed by atoms with Crippen LogP contribution in [0.4, 0.5) is 0 Å². The molecule has 1 atom stereocenters. The van der Waals surface area contributed by atoms with E-state index in [0.29, 0.717) is 26.2 Å². The molecule has 0 fully saturated rings. The van der Waals surface area contributed by atoms with Crippen molar-refractivity contribution in [3.8, 4) is 0 Å². The number of allylic oxidation sites excluding steroid dienone is 10. The van der Waals surface area contributed by atoms with Gasteiger partial charge in [-0.15, -0.1) is 0 Å². The second kappa shape index (κ2) is 24.0. The molecule has 0 bridgehead atoms. The molecule has 0 N–H and O–H groups in total. The summed E-state index contributed by atoms with van der Waals surface area (Å²) in [5, 5.41) is 0. The first-order valence-corrected chi connectivity index (χ1v) is 15.9. The van der Waals surface area contributed by atoms with Crippen molar-refractivity contribution in [1.29, 1.82) is 0 Å². The summed E-state index contributed by atoms with van der Waals surface area (Å²) >= 11 is 0.